The van der Waals surface area contributed by atoms with Crippen LogP contribution in [0.25, 0.3) is 10.2 Å². The maximum absolute atomic E-state index is 4.53. The Hall–Kier alpha value is -2.18. The van der Waals surface area contributed by atoms with Crippen molar-refractivity contribution < 1.29 is 0 Å². The number of hydrazine groups is 1. The van der Waals surface area contributed by atoms with E-state index >= 15 is 0 Å². The number of nitrogens with zero attached hydrogens (tertiary/aromatic N) is 3. The highest BCUT2D eigenvalue weighted by Gasteiger charge is 2.21. The second-order valence-electron chi connectivity index (χ2n) is 6.01. The summed E-state index contributed by atoms with van der Waals surface area (Å²) < 4.78 is 0. The molecule has 0 atom stereocenters. The molecule has 1 aliphatic carbocycles. The number of fused-ring (bicyclic) bond motifs is 4. The van der Waals surface area contributed by atoms with Gasteiger partial charge in [0, 0.05) is 23.3 Å². The molecule has 3 aliphatic rings. The van der Waals surface area contributed by atoms with E-state index in [0.717, 1.165) is 29.3 Å². The topological polar surface area (TPSA) is 53.1 Å². The highest BCUT2D eigenvalue weighted by Crippen LogP contribution is 2.38. The minimum Gasteiger partial charge on any atom is -0.339 e. The number of aryl methyl sites for hydroxylation is 2. The fraction of sp³-hybridized carbons (Fsp3) is 0.294. The molecular weight excluding hydrogens is 306 g/mol. The smallest absolute Gasteiger partial charge is 0.142 e. The Morgan fingerprint density at radius 2 is 2.17 bits per heavy atom. The predicted molar refractivity (Wildman–Crippen MR) is 92.8 cm³/mol. The van der Waals surface area contributed by atoms with Crippen LogP contribution < -0.4 is 10.7 Å². The molecule has 0 unspecified atom stereocenters. The van der Waals surface area contributed by atoms with Crippen molar-refractivity contribution in [3.8, 4) is 0 Å². The van der Waals surface area contributed by atoms with Crippen molar-refractivity contribution >= 4 is 27.4 Å². The summed E-state index contributed by atoms with van der Waals surface area (Å²) >= 11 is 1.83. The number of allylic oxidation sites excluding steroid dienone is 2. The number of hydrogen-bond donors (Lipinski definition) is 2. The normalized spacial score (nSPS) is 19.4. The molecule has 5 rings (SSSR count). The van der Waals surface area contributed by atoms with Crippen LogP contribution in [0, 0.1) is 0 Å². The fourth-order valence-corrected chi connectivity index (χ4v) is 4.70. The van der Waals surface area contributed by atoms with Crippen molar-refractivity contribution in [1.29, 1.82) is 0 Å². The molecule has 2 aliphatic heterocycles. The van der Waals surface area contributed by atoms with Gasteiger partial charge in [0.1, 0.15) is 17.0 Å². The third kappa shape index (κ3) is 2.17. The molecule has 0 saturated carbocycles. The summed E-state index contributed by atoms with van der Waals surface area (Å²) in [5.74, 6) is 0.935. The monoisotopic (exact) mass is 323 g/mol. The lowest BCUT2D eigenvalue weighted by molar-refractivity contribution is 0.394. The lowest BCUT2D eigenvalue weighted by Gasteiger charge is -2.21. The molecule has 23 heavy (non-hydrogen) atoms. The number of anilines is 1. The predicted octanol–water partition coefficient (Wildman–Crippen LogP) is 3.10. The maximum atomic E-state index is 4.53. The van der Waals surface area contributed by atoms with Crippen LogP contribution in [0.2, 0.25) is 0 Å². The van der Waals surface area contributed by atoms with Crippen LogP contribution in [0.15, 0.2) is 42.1 Å². The first-order chi connectivity index (χ1) is 11.4. The maximum Gasteiger partial charge on any atom is 0.142 e. The minimum absolute atomic E-state index is 0.874. The summed E-state index contributed by atoms with van der Waals surface area (Å²) in [7, 11) is 0. The van der Waals surface area contributed by atoms with Gasteiger partial charge in [0.2, 0.25) is 0 Å². The van der Waals surface area contributed by atoms with Gasteiger partial charge in [-0.1, -0.05) is 0 Å². The van der Waals surface area contributed by atoms with Gasteiger partial charge < -0.3 is 5.32 Å². The van der Waals surface area contributed by atoms with Crippen LogP contribution in [0.4, 0.5) is 5.82 Å². The van der Waals surface area contributed by atoms with E-state index in [-0.39, 0.29) is 0 Å². The molecule has 116 valence electrons. The van der Waals surface area contributed by atoms with Gasteiger partial charge in [-0.3, -0.25) is 5.01 Å². The summed E-state index contributed by atoms with van der Waals surface area (Å²) in [5, 5.41) is 6.77. The standard InChI is InChI=1S/C17H17N5S/c1-2-4-14-13(3-1)15-16(18-10-19-17(15)23-14)21-11-6-8-22-12(9-11)5-7-20-22/h5-6,8-10,20H,1-4,7H2,(H,18,19,21). The van der Waals surface area contributed by atoms with E-state index in [4.69, 9.17) is 0 Å². The van der Waals surface area contributed by atoms with Crippen LogP contribution in [0.3, 0.4) is 0 Å². The van der Waals surface area contributed by atoms with Crippen molar-refractivity contribution in [2.75, 3.05) is 11.9 Å². The average molecular weight is 323 g/mol. The van der Waals surface area contributed by atoms with Crippen LogP contribution >= 0.6 is 11.3 Å². The first-order valence-electron chi connectivity index (χ1n) is 8.03. The first-order valence-corrected chi connectivity index (χ1v) is 8.85. The molecule has 2 aromatic rings. The van der Waals surface area contributed by atoms with Crippen LogP contribution in [-0.2, 0) is 12.8 Å². The molecule has 0 radical (unpaired) electrons. The lowest BCUT2D eigenvalue weighted by Crippen LogP contribution is -2.27. The highest BCUT2D eigenvalue weighted by atomic mass is 32.1. The van der Waals surface area contributed by atoms with Gasteiger partial charge in [0.25, 0.3) is 0 Å². The van der Waals surface area contributed by atoms with Crippen molar-refractivity contribution in [1.82, 2.24) is 20.4 Å². The van der Waals surface area contributed by atoms with Gasteiger partial charge in [-0.15, -0.1) is 11.3 Å². The summed E-state index contributed by atoms with van der Waals surface area (Å²) in [5.41, 5.74) is 6.96. The summed E-state index contributed by atoms with van der Waals surface area (Å²) in [4.78, 5) is 11.6. The molecule has 0 aromatic carbocycles. The SMILES string of the molecule is C1=CN2NCC=C2C=C1Nc1ncnc2sc3c(c12)CCCC3. The molecule has 2 aromatic heterocycles. The first kappa shape index (κ1) is 13.3. The second-order valence-corrected chi connectivity index (χ2v) is 7.10. The molecule has 2 N–H and O–H groups in total. The molecule has 0 saturated heterocycles. The quantitative estimate of drug-likeness (QED) is 0.889. The molecule has 0 bridgehead atoms. The fourth-order valence-electron chi connectivity index (χ4n) is 3.47. The van der Waals surface area contributed by atoms with Gasteiger partial charge in [-0.25, -0.2) is 15.4 Å². The van der Waals surface area contributed by atoms with Gasteiger partial charge in [-0.05, 0) is 49.5 Å². The summed E-state index contributed by atoms with van der Waals surface area (Å²) in [6.45, 7) is 0.874. The summed E-state index contributed by atoms with van der Waals surface area (Å²) in [6, 6.07) is 0. The Labute approximate surface area is 138 Å². The van der Waals surface area contributed by atoms with E-state index in [1.54, 1.807) is 6.33 Å². The molecule has 6 heteroatoms. The van der Waals surface area contributed by atoms with E-state index < -0.39 is 0 Å². The Morgan fingerprint density at radius 1 is 1.22 bits per heavy atom. The highest BCUT2D eigenvalue weighted by molar-refractivity contribution is 7.19. The third-order valence-corrected chi connectivity index (χ3v) is 5.77. The number of rotatable bonds is 2. The Morgan fingerprint density at radius 3 is 3.17 bits per heavy atom. The van der Waals surface area contributed by atoms with Crippen molar-refractivity contribution in [3.05, 3.63) is 52.6 Å². The zero-order valence-corrected chi connectivity index (χ0v) is 13.5. The van der Waals surface area contributed by atoms with Crippen LogP contribution in [-0.4, -0.2) is 21.5 Å². The van der Waals surface area contributed by atoms with E-state index in [0.29, 0.717) is 0 Å². The van der Waals surface area contributed by atoms with Gasteiger partial charge in [0.05, 0.1) is 11.1 Å². The number of aromatic nitrogens is 2. The van der Waals surface area contributed by atoms with Crippen molar-refractivity contribution in [2.24, 2.45) is 0 Å². The lowest BCUT2D eigenvalue weighted by atomic mass is 9.97. The van der Waals surface area contributed by atoms with Gasteiger partial charge in [0.15, 0.2) is 0 Å². The zero-order valence-electron chi connectivity index (χ0n) is 12.7. The minimum atomic E-state index is 0.874. The molecule has 0 fully saturated rings. The van der Waals surface area contributed by atoms with Crippen molar-refractivity contribution in [3.63, 3.8) is 0 Å². The molecular formula is C17H17N5S. The molecule has 5 nitrogen and oxygen atoms in total. The average Bonchev–Trinajstić information content (AvgIpc) is 3.18. The Balaban J connectivity index is 1.56. The second kappa shape index (κ2) is 5.18. The molecule has 4 heterocycles. The van der Waals surface area contributed by atoms with E-state index in [1.165, 1.54) is 40.8 Å². The van der Waals surface area contributed by atoms with E-state index in [9.17, 15) is 0 Å². The van der Waals surface area contributed by atoms with Gasteiger partial charge in [-0.2, -0.15) is 0 Å². The number of nitrogens with one attached hydrogen (secondary N) is 2. The molecule has 0 amide bonds. The number of hydrogen-bond acceptors (Lipinski definition) is 6. The molecule has 0 spiro atoms. The van der Waals surface area contributed by atoms with Crippen LogP contribution in [0.1, 0.15) is 23.3 Å². The van der Waals surface area contributed by atoms with E-state index in [2.05, 4.69) is 38.9 Å². The van der Waals surface area contributed by atoms with E-state index in [1.807, 2.05) is 22.5 Å². The third-order valence-electron chi connectivity index (χ3n) is 4.57. The Kier molecular flexibility index (Phi) is 2.99. The number of thiophene rings is 1. The zero-order chi connectivity index (χ0) is 15.2. The van der Waals surface area contributed by atoms with Gasteiger partial charge >= 0.3 is 0 Å². The largest absolute Gasteiger partial charge is 0.339 e. The Bertz CT molecular complexity index is 876. The van der Waals surface area contributed by atoms with Crippen molar-refractivity contribution in [2.45, 2.75) is 25.7 Å². The van der Waals surface area contributed by atoms with Crippen LogP contribution in [0.5, 0.6) is 0 Å². The summed E-state index contributed by atoms with van der Waals surface area (Å²) in [6.07, 6.45) is 15.0.